The molecule has 17 heavy (non-hydrogen) atoms. The highest BCUT2D eigenvalue weighted by atomic mass is 32.1. The van der Waals surface area contributed by atoms with Crippen LogP contribution >= 0.6 is 11.3 Å². The number of hydrogen-bond acceptors (Lipinski definition) is 3. The minimum absolute atomic E-state index is 0.165. The Morgan fingerprint density at radius 3 is 2.94 bits per heavy atom. The number of carbonyl (C=O) groups excluding carboxylic acids is 1. The van der Waals surface area contributed by atoms with Crippen LogP contribution < -0.4 is 0 Å². The summed E-state index contributed by atoms with van der Waals surface area (Å²) >= 11 is 1.55. The molecule has 90 valence electrons. The van der Waals surface area contributed by atoms with E-state index in [4.69, 9.17) is 0 Å². The van der Waals surface area contributed by atoms with Gasteiger partial charge >= 0.3 is 0 Å². The molecule has 4 heteroatoms. The Hall–Kier alpha value is -1.42. The maximum Gasteiger partial charge on any atom is 0.192 e. The monoisotopic (exact) mass is 248 g/mol. The molecule has 2 aromatic rings. The summed E-state index contributed by atoms with van der Waals surface area (Å²) in [5.74, 6) is 1.16. The molecule has 0 saturated heterocycles. The van der Waals surface area contributed by atoms with Crippen molar-refractivity contribution >= 4 is 17.1 Å². The quantitative estimate of drug-likeness (QED) is 0.762. The van der Waals surface area contributed by atoms with Crippen molar-refractivity contribution in [3.05, 3.63) is 40.1 Å². The van der Waals surface area contributed by atoms with Crippen molar-refractivity contribution in [1.82, 2.24) is 9.55 Å². The lowest BCUT2D eigenvalue weighted by atomic mass is 10.3. The summed E-state index contributed by atoms with van der Waals surface area (Å²) in [6, 6.07) is 3.89. The van der Waals surface area contributed by atoms with Crippen molar-refractivity contribution < 1.29 is 4.79 Å². The van der Waals surface area contributed by atoms with Gasteiger partial charge in [-0.25, -0.2) is 4.98 Å². The average molecular weight is 248 g/mol. The summed E-state index contributed by atoms with van der Waals surface area (Å²) < 4.78 is 1.95. The van der Waals surface area contributed by atoms with Crippen LogP contribution in [-0.2, 0) is 13.0 Å². The van der Waals surface area contributed by atoms with Gasteiger partial charge < -0.3 is 4.57 Å². The number of carbonyl (C=O) groups is 1. The van der Waals surface area contributed by atoms with Crippen LogP contribution in [0.2, 0.25) is 0 Å². The molecule has 0 unspecified atom stereocenters. The van der Waals surface area contributed by atoms with Crippen LogP contribution in [0.1, 0.15) is 33.7 Å². The molecule has 0 aliphatic heterocycles. The van der Waals surface area contributed by atoms with Crippen molar-refractivity contribution in [1.29, 1.82) is 0 Å². The van der Waals surface area contributed by atoms with Crippen LogP contribution in [0.25, 0.3) is 0 Å². The first-order chi connectivity index (χ1) is 8.20. The Balaban J connectivity index is 2.10. The van der Waals surface area contributed by atoms with Gasteiger partial charge in [0.15, 0.2) is 5.78 Å². The second-order valence-corrected chi connectivity index (χ2v) is 5.34. The highest BCUT2D eigenvalue weighted by molar-refractivity contribution is 7.14. The van der Waals surface area contributed by atoms with Crippen molar-refractivity contribution in [2.24, 2.45) is 0 Å². The van der Waals surface area contributed by atoms with Gasteiger partial charge in [0, 0.05) is 23.7 Å². The Bertz CT molecular complexity index is 513. The number of ketones is 1. The number of Topliss-reactive ketones (excluding diaryl/α,β-unsaturated/α-hetero) is 1. The number of rotatable bonds is 5. The van der Waals surface area contributed by atoms with E-state index in [-0.39, 0.29) is 5.78 Å². The van der Waals surface area contributed by atoms with Crippen LogP contribution in [0, 0.1) is 6.92 Å². The molecule has 0 aliphatic carbocycles. The van der Waals surface area contributed by atoms with E-state index in [1.54, 1.807) is 17.5 Å². The zero-order chi connectivity index (χ0) is 12.3. The lowest BCUT2D eigenvalue weighted by Gasteiger charge is -2.05. The minimum Gasteiger partial charge on any atom is -0.327 e. The molecule has 3 nitrogen and oxygen atoms in total. The van der Waals surface area contributed by atoms with Crippen molar-refractivity contribution in [3.63, 3.8) is 0 Å². The molecule has 0 N–H and O–H groups in total. The third-order valence-corrected chi connectivity index (χ3v) is 3.65. The zero-order valence-electron chi connectivity index (χ0n) is 10.1. The summed E-state index contributed by atoms with van der Waals surface area (Å²) in [5.41, 5.74) is 0. The molecule has 0 aliphatic rings. The topological polar surface area (TPSA) is 34.9 Å². The molecular formula is C13H16N2OS. The maximum atomic E-state index is 12.0. The fraction of sp³-hybridized carbons (Fsp3) is 0.385. The molecule has 0 fully saturated rings. The van der Waals surface area contributed by atoms with E-state index < -0.39 is 0 Å². The highest BCUT2D eigenvalue weighted by Crippen LogP contribution is 2.16. The number of aromatic nitrogens is 2. The summed E-state index contributed by atoms with van der Waals surface area (Å²) in [6.07, 6.45) is 5.61. The van der Waals surface area contributed by atoms with Crippen molar-refractivity contribution in [2.75, 3.05) is 0 Å². The molecule has 2 rings (SSSR count). The van der Waals surface area contributed by atoms with E-state index in [0.717, 1.165) is 23.5 Å². The predicted molar refractivity (Wildman–Crippen MR) is 69.6 cm³/mol. The van der Waals surface area contributed by atoms with Gasteiger partial charge in [0.1, 0.15) is 5.82 Å². The molecule has 0 aromatic carbocycles. The summed E-state index contributed by atoms with van der Waals surface area (Å²) in [4.78, 5) is 18.3. The van der Waals surface area contributed by atoms with Gasteiger partial charge in [-0.15, -0.1) is 11.3 Å². The molecule has 0 saturated carbocycles. The van der Waals surface area contributed by atoms with Gasteiger partial charge in [0.25, 0.3) is 0 Å². The van der Waals surface area contributed by atoms with Gasteiger partial charge in [0.2, 0.25) is 0 Å². The molecule has 0 amide bonds. The van der Waals surface area contributed by atoms with Crippen LogP contribution in [0.4, 0.5) is 0 Å². The third kappa shape index (κ3) is 2.82. The normalized spacial score (nSPS) is 10.7. The van der Waals surface area contributed by atoms with E-state index in [0.29, 0.717) is 6.54 Å². The van der Waals surface area contributed by atoms with E-state index in [9.17, 15) is 4.79 Å². The number of hydrogen-bond donors (Lipinski definition) is 0. The Morgan fingerprint density at radius 1 is 1.47 bits per heavy atom. The molecular weight excluding hydrogens is 232 g/mol. The second kappa shape index (κ2) is 5.27. The van der Waals surface area contributed by atoms with Gasteiger partial charge in [-0.2, -0.15) is 0 Å². The van der Waals surface area contributed by atoms with E-state index >= 15 is 0 Å². The minimum atomic E-state index is 0.165. The first kappa shape index (κ1) is 12.0. The summed E-state index contributed by atoms with van der Waals surface area (Å²) in [7, 11) is 0. The molecule has 2 aromatic heterocycles. The standard InChI is InChI=1S/C13H16N2OS/c1-3-4-13-14-7-8-15(13)9-11(16)12-6-5-10(2)17-12/h5-8H,3-4,9H2,1-2H3. The summed E-state index contributed by atoms with van der Waals surface area (Å²) in [6.45, 7) is 4.53. The van der Waals surface area contributed by atoms with E-state index in [1.807, 2.05) is 29.8 Å². The van der Waals surface area contributed by atoms with E-state index in [2.05, 4.69) is 11.9 Å². The fourth-order valence-electron chi connectivity index (χ4n) is 1.75. The lowest BCUT2D eigenvalue weighted by Crippen LogP contribution is -2.11. The zero-order valence-corrected chi connectivity index (χ0v) is 11.0. The SMILES string of the molecule is CCCc1nccn1CC(=O)c1ccc(C)s1. The van der Waals surface area contributed by atoms with Crippen LogP contribution in [0.15, 0.2) is 24.5 Å². The van der Waals surface area contributed by atoms with Crippen molar-refractivity contribution in [2.45, 2.75) is 33.2 Å². The Labute approximate surface area is 105 Å². The maximum absolute atomic E-state index is 12.0. The van der Waals surface area contributed by atoms with Gasteiger partial charge in [-0.3, -0.25) is 4.79 Å². The van der Waals surface area contributed by atoms with Gasteiger partial charge in [0.05, 0.1) is 11.4 Å². The highest BCUT2D eigenvalue weighted by Gasteiger charge is 2.11. The first-order valence-corrected chi connectivity index (χ1v) is 6.62. The Morgan fingerprint density at radius 2 is 2.29 bits per heavy atom. The molecule has 0 bridgehead atoms. The largest absolute Gasteiger partial charge is 0.327 e. The average Bonchev–Trinajstić information content (AvgIpc) is 2.89. The van der Waals surface area contributed by atoms with Gasteiger partial charge in [-0.1, -0.05) is 6.92 Å². The van der Waals surface area contributed by atoms with Crippen molar-refractivity contribution in [3.8, 4) is 0 Å². The van der Waals surface area contributed by atoms with Crippen LogP contribution in [-0.4, -0.2) is 15.3 Å². The summed E-state index contributed by atoms with van der Waals surface area (Å²) in [5, 5.41) is 0. The smallest absolute Gasteiger partial charge is 0.192 e. The van der Waals surface area contributed by atoms with Crippen LogP contribution in [0.3, 0.4) is 0 Å². The fourth-order valence-corrected chi connectivity index (χ4v) is 2.55. The molecule has 0 spiro atoms. The number of thiophene rings is 1. The number of nitrogens with zero attached hydrogens (tertiary/aromatic N) is 2. The second-order valence-electron chi connectivity index (χ2n) is 4.05. The predicted octanol–water partition coefficient (Wildman–Crippen LogP) is 3.09. The lowest BCUT2D eigenvalue weighted by molar-refractivity contribution is 0.0975. The van der Waals surface area contributed by atoms with Crippen LogP contribution in [0.5, 0.6) is 0 Å². The number of imidazole rings is 1. The first-order valence-electron chi connectivity index (χ1n) is 5.80. The van der Waals surface area contributed by atoms with Gasteiger partial charge in [-0.05, 0) is 25.5 Å². The molecule has 0 radical (unpaired) electrons. The Kier molecular flexibility index (Phi) is 3.74. The third-order valence-electron chi connectivity index (χ3n) is 2.60. The number of aryl methyl sites for hydroxylation is 2. The molecule has 0 atom stereocenters. The van der Waals surface area contributed by atoms with E-state index in [1.165, 1.54) is 4.88 Å². The molecule has 2 heterocycles.